The molecule has 0 saturated carbocycles. The molecule has 4 atom stereocenters. The first-order valence-corrected chi connectivity index (χ1v) is 10.2. The fourth-order valence-corrected chi connectivity index (χ4v) is 4.04. The third kappa shape index (κ3) is 6.06. The van der Waals surface area contributed by atoms with E-state index in [1.54, 1.807) is 0 Å². The summed E-state index contributed by atoms with van der Waals surface area (Å²) < 4.78 is 11.4. The van der Waals surface area contributed by atoms with E-state index in [0.29, 0.717) is 19.3 Å². The maximum atomic E-state index is 12.5. The number of carbonyl (C=O) groups is 2. The van der Waals surface area contributed by atoms with Crippen molar-refractivity contribution in [1.29, 1.82) is 0 Å². The van der Waals surface area contributed by atoms with Gasteiger partial charge in [-0.3, -0.25) is 9.59 Å². The highest BCUT2D eigenvalue weighted by Gasteiger charge is 2.42. The Balaban J connectivity index is 2.40. The van der Waals surface area contributed by atoms with Gasteiger partial charge in [-0.1, -0.05) is 29.9 Å². The number of rotatable bonds is 1. The average Bonchev–Trinajstić information content (AvgIpc) is 2.59. The van der Waals surface area contributed by atoms with Gasteiger partial charge < -0.3 is 14.6 Å². The second-order valence-corrected chi connectivity index (χ2v) is 8.48. The van der Waals surface area contributed by atoms with Gasteiger partial charge in [0.15, 0.2) is 0 Å². The summed E-state index contributed by atoms with van der Waals surface area (Å²) in [5.41, 5.74) is 2.03. The van der Waals surface area contributed by atoms with E-state index in [1.807, 2.05) is 26.8 Å². The van der Waals surface area contributed by atoms with Gasteiger partial charge in [0.1, 0.15) is 11.7 Å². The molecule has 5 heteroatoms. The van der Waals surface area contributed by atoms with Crippen LogP contribution in [0.5, 0.6) is 0 Å². The van der Waals surface area contributed by atoms with E-state index in [4.69, 9.17) is 9.47 Å². The first-order valence-electron chi connectivity index (χ1n) is 10.2. The molecule has 1 aliphatic heterocycles. The number of hydrogen-bond donors (Lipinski definition) is 1. The number of ether oxygens (including phenoxy) is 2. The Bertz CT molecular complexity index is 674. The minimum Gasteiger partial charge on any atom is -0.458 e. The van der Waals surface area contributed by atoms with Gasteiger partial charge >= 0.3 is 11.9 Å². The van der Waals surface area contributed by atoms with Crippen LogP contribution in [0.15, 0.2) is 35.5 Å². The number of carbonyl (C=O) groups excluding carboxylic acids is 2. The van der Waals surface area contributed by atoms with Gasteiger partial charge in [-0.15, -0.1) is 0 Å². The van der Waals surface area contributed by atoms with E-state index >= 15 is 0 Å². The Morgan fingerprint density at radius 3 is 2.71 bits per heavy atom. The van der Waals surface area contributed by atoms with Gasteiger partial charge in [-0.25, -0.2) is 0 Å². The van der Waals surface area contributed by atoms with Crippen molar-refractivity contribution >= 4 is 11.9 Å². The van der Waals surface area contributed by atoms with Crippen LogP contribution in [-0.4, -0.2) is 34.9 Å². The van der Waals surface area contributed by atoms with Crippen molar-refractivity contribution < 1.29 is 24.2 Å². The number of esters is 2. The van der Waals surface area contributed by atoms with E-state index < -0.39 is 17.8 Å². The van der Waals surface area contributed by atoms with Crippen LogP contribution in [0.2, 0.25) is 0 Å². The molecule has 1 aliphatic carbocycles. The molecular formula is C23H34O5. The zero-order valence-corrected chi connectivity index (χ0v) is 17.6. The summed E-state index contributed by atoms with van der Waals surface area (Å²) in [6.07, 6.45) is 7.14. The lowest BCUT2D eigenvalue weighted by Gasteiger charge is -2.40. The number of hydrogen-bond acceptors (Lipinski definition) is 5. The van der Waals surface area contributed by atoms with Crippen molar-refractivity contribution in [2.24, 2.45) is 5.92 Å². The van der Waals surface area contributed by atoms with E-state index in [-0.39, 0.29) is 24.3 Å². The number of allylic oxidation sites excluding steroid dienone is 3. The molecule has 0 amide bonds. The summed E-state index contributed by atoms with van der Waals surface area (Å²) >= 11 is 0. The summed E-state index contributed by atoms with van der Waals surface area (Å²) in [7, 11) is 0. The molecule has 0 spiro atoms. The minimum absolute atomic E-state index is 0.0173. The third-order valence-electron chi connectivity index (χ3n) is 6.01. The van der Waals surface area contributed by atoms with E-state index in [1.165, 1.54) is 12.5 Å². The molecule has 1 fully saturated rings. The maximum Gasteiger partial charge on any atom is 0.310 e. The number of fused-ring (bicyclic) bond motifs is 3. The fourth-order valence-electron chi connectivity index (χ4n) is 4.04. The average molecular weight is 391 g/mol. The van der Waals surface area contributed by atoms with E-state index in [9.17, 15) is 14.7 Å². The van der Waals surface area contributed by atoms with Gasteiger partial charge in [-0.05, 0) is 70.8 Å². The lowest BCUT2D eigenvalue weighted by atomic mass is 9.79. The molecule has 0 aromatic heterocycles. The molecular weight excluding hydrogens is 356 g/mol. The third-order valence-corrected chi connectivity index (χ3v) is 6.01. The van der Waals surface area contributed by atoms with Crippen LogP contribution in [0.3, 0.4) is 0 Å². The molecule has 0 radical (unpaired) electrons. The monoisotopic (exact) mass is 390 g/mol. The van der Waals surface area contributed by atoms with Crippen LogP contribution >= 0.6 is 0 Å². The molecule has 1 heterocycles. The molecule has 0 aromatic rings. The Hall–Kier alpha value is -1.88. The van der Waals surface area contributed by atoms with Gasteiger partial charge in [0, 0.05) is 6.92 Å². The predicted octanol–water partition coefficient (Wildman–Crippen LogP) is 4.40. The zero-order chi connectivity index (χ0) is 20.9. The standard InChI is InChI=1S/C23H34O5/c1-15-7-6-8-16(2)20(25)14-19-11-12-23(5,28-22(26)13-17(19)3)21(10-9-15)27-18(4)24/h7-8,19-21,25H,3,6,9-14H2,1-2,4-5H3. The van der Waals surface area contributed by atoms with Crippen molar-refractivity contribution in [3.8, 4) is 0 Å². The van der Waals surface area contributed by atoms with Crippen LogP contribution in [0.25, 0.3) is 0 Å². The van der Waals surface area contributed by atoms with E-state index in [2.05, 4.69) is 12.7 Å². The van der Waals surface area contributed by atoms with Crippen LogP contribution in [-0.2, 0) is 19.1 Å². The van der Waals surface area contributed by atoms with Crippen LogP contribution < -0.4 is 0 Å². The first kappa shape index (κ1) is 22.4. The normalized spacial score (nSPS) is 33.0. The molecule has 156 valence electrons. The second kappa shape index (κ2) is 9.55. The van der Waals surface area contributed by atoms with Gasteiger partial charge in [-0.2, -0.15) is 0 Å². The van der Waals surface area contributed by atoms with Gasteiger partial charge in [0.05, 0.1) is 12.5 Å². The quantitative estimate of drug-likeness (QED) is 0.530. The first-order chi connectivity index (χ1) is 13.1. The molecule has 28 heavy (non-hydrogen) atoms. The summed E-state index contributed by atoms with van der Waals surface area (Å²) in [5, 5.41) is 10.6. The molecule has 1 N–H and O–H groups in total. The van der Waals surface area contributed by atoms with Crippen molar-refractivity contribution in [1.82, 2.24) is 0 Å². The molecule has 4 unspecified atom stereocenters. The fraction of sp³-hybridized carbons (Fsp3) is 0.652. The number of aliphatic hydroxyl groups is 1. The summed E-state index contributed by atoms with van der Waals surface area (Å²) in [4.78, 5) is 24.2. The molecule has 0 aromatic carbocycles. The maximum absolute atomic E-state index is 12.5. The molecule has 5 nitrogen and oxygen atoms in total. The van der Waals surface area contributed by atoms with Crippen molar-refractivity contribution in [3.05, 3.63) is 35.5 Å². The topological polar surface area (TPSA) is 72.8 Å². The second-order valence-electron chi connectivity index (χ2n) is 8.48. The largest absolute Gasteiger partial charge is 0.458 e. The molecule has 1 saturated heterocycles. The van der Waals surface area contributed by atoms with Crippen molar-refractivity contribution in [2.45, 2.75) is 90.4 Å². The minimum atomic E-state index is -0.887. The Morgan fingerprint density at radius 2 is 2.04 bits per heavy atom. The Kier molecular flexibility index (Phi) is 7.64. The SMILES string of the molecule is C=C1CC(=O)OC2(C)CCC1CC(O)C(C)=CCC=C(C)CCC2OC(C)=O. The summed E-state index contributed by atoms with van der Waals surface area (Å²) in [6, 6.07) is 0. The van der Waals surface area contributed by atoms with Crippen molar-refractivity contribution in [2.75, 3.05) is 0 Å². The summed E-state index contributed by atoms with van der Waals surface area (Å²) in [6.45, 7) is 11.3. The van der Waals surface area contributed by atoms with Gasteiger partial charge in [0.2, 0.25) is 0 Å². The Morgan fingerprint density at radius 1 is 1.32 bits per heavy atom. The lowest BCUT2D eigenvalue weighted by molar-refractivity contribution is -0.186. The zero-order valence-electron chi connectivity index (χ0n) is 17.6. The van der Waals surface area contributed by atoms with Crippen molar-refractivity contribution in [3.63, 3.8) is 0 Å². The molecule has 2 bridgehead atoms. The van der Waals surface area contributed by atoms with Crippen LogP contribution in [0.4, 0.5) is 0 Å². The molecule has 2 rings (SSSR count). The highest BCUT2D eigenvalue weighted by Crippen LogP contribution is 2.37. The van der Waals surface area contributed by atoms with Crippen LogP contribution in [0.1, 0.15) is 72.6 Å². The van der Waals surface area contributed by atoms with Gasteiger partial charge in [0.25, 0.3) is 0 Å². The van der Waals surface area contributed by atoms with Crippen LogP contribution in [0, 0.1) is 5.92 Å². The highest BCUT2D eigenvalue weighted by atomic mass is 16.6. The summed E-state index contributed by atoms with van der Waals surface area (Å²) in [5.74, 6) is -0.707. The van der Waals surface area contributed by atoms with E-state index in [0.717, 1.165) is 30.4 Å². The smallest absolute Gasteiger partial charge is 0.310 e. The predicted molar refractivity (Wildman–Crippen MR) is 109 cm³/mol. The highest BCUT2D eigenvalue weighted by molar-refractivity contribution is 5.73. The lowest BCUT2D eigenvalue weighted by Crippen LogP contribution is -2.47. The Labute approximate surface area is 168 Å². The molecule has 2 aliphatic rings. The number of aliphatic hydroxyl groups excluding tert-OH is 1.